The van der Waals surface area contributed by atoms with Crippen LogP contribution < -0.4 is 5.32 Å². The number of aliphatic hydroxyl groups is 1. The average molecular weight is 199 g/mol. The summed E-state index contributed by atoms with van der Waals surface area (Å²) >= 11 is 0. The Morgan fingerprint density at radius 1 is 1.14 bits per heavy atom. The molecule has 14 heavy (non-hydrogen) atoms. The lowest BCUT2D eigenvalue weighted by Crippen LogP contribution is -2.25. The molecule has 1 fully saturated rings. The van der Waals surface area contributed by atoms with Crippen LogP contribution in [0.3, 0.4) is 0 Å². The summed E-state index contributed by atoms with van der Waals surface area (Å²) in [6, 6.07) is 0. The van der Waals surface area contributed by atoms with E-state index in [1.807, 2.05) is 7.05 Å². The van der Waals surface area contributed by atoms with Crippen molar-refractivity contribution in [3.63, 3.8) is 0 Å². The molecule has 0 aromatic heterocycles. The zero-order valence-electron chi connectivity index (χ0n) is 9.47. The molecule has 2 nitrogen and oxygen atoms in total. The highest BCUT2D eigenvalue weighted by Gasteiger charge is 2.12. The Morgan fingerprint density at radius 3 is 2.29 bits per heavy atom. The van der Waals surface area contributed by atoms with Crippen molar-refractivity contribution in [2.24, 2.45) is 5.92 Å². The first-order chi connectivity index (χ1) is 6.83. The maximum Gasteiger partial charge on any atom is 0.104 e. The molecule has 1 unspecified atom stereocenters. The largest absolute Gasteiger partial charge is 0.379 e. The van der Waals surface area contributed by atoms with Gasteiger partial charge in [0, 0.05) is 0 Å². The minimum atomic E-state index is -0.291. The average Bonchev–Trinajstić information content (AvgIpc) is 2.15. The molecule has 1 aliphatic rings. The summed E-state index contributed by atoms with van der Waals surface area (Å²) in [7, 11) is 1.82. The number of hydrogen-bond acceptors (Lipinski definition) is 2. The molecule has 0 heterocycles. The Morgan fingerprint density at radius 2 is 1.71 bits per heavy atom. The summed E-state index contributed by atoms with van der Waals surface area (Å²) in [6.45, 7) is 0. The summed E-state index contributed by atoms with van der Waals surface area (Å²) < 4.78 is 0. The van der Waals surface area contributed by atoms with E-state index in [4.69, 9.17) is 0 Å². The smallest absolute Gasteiger partial charge is 0.104 e. The standard InChI is InChI=1S/C12H25NO/c1-13-12(14)10-9-11-7-5-3-2-4-6-8-11/h11-14H,2-10H2,1H3. The highest BCUT2D eigenvalue weighted by Crippen LogP contribution is 2.25. The third-order valence-corrected chi connectivity index (χ3v) is 3.41. The van der Waals surface area contributed by atoms with Gasteiger partial charge in [0.05, 0.1) is 0 Å². The van der Waals surface area contributed by atoms with Crippen molar-refractivity contribution >= 4 is 0 Å². The molecule has 0 radical (unpaired) electrons. The van der Waals surface area contributed by atoms with Crippen LogP contribution in [0.5, 0.6) is 0 Å². The molecule has 1 atom stereocenters. The molecule has 0 aliphatic heterocycles. The molecule has 2 heteroatoms. The molecule has 2 N–H and O–H groups in total. The van der Waals surface area contributed by atoms with Crippen LogP contribution in [0.15, 0.2) is 0 Å². The van der Waals surface area contributed by atoms with Crippen molar-refractivity contribution in [3.8, 4) is 0 Å². The van der Waals surface area contributed by atoms with Crippen LogP contribution in [-0.2, 0) is 0 Å². The number of nitrogens with one attached hydrogen (secondary N) is 1. The maximum absolute atomic E-state index is 9.40. The van der Waals surface area contributed by atoms with Gasteiger partial charge in [-0.05, 0) is 25.8 Å². The third-order valence-electron chi connectivity index (χ3n) is 3.41. The van der Waals surface area contributed by atoms with Crippen LogP contribution in [0.4, 0.5) is 0 Å². The monoisotopic (exact) mass is 199 g/mol. The van der Waals surface area contributed by atoms with Crippen LogP contribution in [-0.4, -0.2) is 18.4 Å². The normalized spacial score (nSPS) is 22.7. The van der Waals surface area contributed by atoms with Crippen molar-refractivity contribution in [1.82, 2.24) is 5.32 Å². The second-order valence-corrected chi connectivity index (χ2v) is 4.59. The summed E-state index contributed by atoms with van der Waals surface area (Å²) in [5, 5.41) is 12.3. The van der Waals surface area contributed by atoms with E-state index in [1.54, 1.807) is 0 Å². The van der Waals surface area contributed by atoms with Gasteiger partial charge in [0.25, 0.3) is 0 Å². The number of rotatable bonds is 4. The topological polar surface area (TPSA) is 32.3 Å². The van der Waals surface area contributed by atoms with Crippen molar-refractivity contribution in [2.45, 2.75) is 64.0 Å². The molecular formula is C12H25NO. The van der Waals surface area contributed by atoms with E-state index < -0.39 is 0 Å². The highest BCUT2D eigenvalue weighted by atomic mass is 16.3. The van der Waals surface area contributed by atoms with Gasteiger partial charge in [0.1, 0.15) is 6.23 Å². The summed E-state index contributed by atoms with van der Waals surface area (Å²) in [4.78, 5) is 0. The van der Waals surface area contributed by atoms with Gasteiger partial charge in [0.2, 0.25) is 0 Å². The fourth-order valence-electron chi connectivity index (χ4n) is 2.37. The van der Waals surface area contributed by atoms with Crippen LogP contribution in [0.2, 0.25) is 0 Å². The Kier molecular flexibility index (Phi) is 6.20. The first kappa shape index (κ1) is 12.0. The molecule has 1 saturated carbocycles. The molecule has 1 aliphatic carbocycles. The van der Waals surface area contributed by atoms with Gasteiger partial charge in [-0.1, -0.05) is 44.9 Å². The van der Waals surface area contributed by atoms with Crippen LogP contribution in [0.25, 0.3) is 0 Å². The van der Waals surface area contributed by atoms with Crippen molar-refractivity contribution < 1.29 is 5.11 Å². The second kappa shape index (κ2) is 7.24. The Bertz CT molecular complexity index is 130. The van der Waals surface area contributed by atoms with Gasteiger partial charge in [0.15, 0.2) is 0 Å². The minimum Gasteiger partial charge on any atom is -0.379 e. The first-order valence-electron chi connectivity index (χ1n) is 6.18. The summed E-state index contributed by atoms with van der Waals surface area (Å²) in [6.07, 6.45) is 11.7. The zero-order chi connectivity index (χ0) is 10.2. The van der Waals surface area contributed by atoms with Crippen molar-refractivity contribution in [3.05, 3.63) is 0 Å². The zero-order valence-corrected chi connectivity index (χ0v) is 9.47. The molecule has 0 aromatic rings. The van der Waals surface area contributed by atoms with Crippen molar-refractivity contribution in [1.29, 1.82) is 0 Å². The van der Waals surface area contributed by atoms with Gasteiger partial charge in [-0.3, -0.25) is 5.32 Å². The molecule has 0 aromatic carbocycles. The highest BCUT2D eigenvalue weighted by molar-refractivity contribution is 4.65. The van der Waals surface area contributed by atoms with Gasteiger partial charge in [-0.25, -0.2) is 0 Å². The van der Waals surface area contributed by atoms with E-state index in [9.17, 15) is 5.11 Å². The van der Waals surface area contributed by atoms with Gasteiger partial charge in [-0.2, -0.15) is 0 Å². The molecule has 0 amide bonds. The van der Waals surface area contributed by atoms with E-state index >= 15 is 0 Å². The lowest BCUT2D eigenvalue weighted by atomic mass is 9.88. The fraction of sp³-hybridized carbons (Fsp3) is 1.00. The molecular weight excluding hydrogens is 174 g/mol. The van der Waals surface area contributed by atoms with E-state index in [-0.39, 0.29) is 6.23 Å². The summed E-state index contributed by atoms with van der Waals surface area (Å²) in [5.41, 5.74) is 0. The van der Waals surface area contributed by atoms with Gasteiger partial charge in [-0.15, -0.1) is 0 Å². The predicted molar refractivity (Wildman–Crippen MR) is 60.1 cm³/mol. The first-order valence-corrected chi connectivity index (χ1v) is 6.18. The number of aliphatic hydroxyl groups excluding tert-OH is 1. The summed E-state index contributed by atoms with van der Waals surface area (Å²) in [5.74, 6) is 0.873. The van der Waals surface area contributed by atoms with E-state index in [0.29, 0.717) is 0 Å². The van der Waals surface area contributed by atoms with Crippen molar-refractivity contribution in [2.75, 3.05) is 7.05 Å². The van der Waals surface area contributed by atoms with Crippen LogP contribution >= 0.6 is 0 Å². The fourth-order valence-corrected chi connectivity index (χ4v) is 2.37. The maximum atomic E-state index is 9.40. The molecule has 1 rings (SSSR count). The molecule has 0 spiro atoms. The molecule has 0 saturated heterocycles. The van der Waals surface area contributed by atoms with Gasteiger partial charge < -0.3 is 5.11 Å². The van der Waals surface area contributed by atoms with Crippen LogP contribution in [0, 0.1) is 5.92 Å². The van der Waals surface area contributed by atoms with Gasteiger partial charge >= 0.3 is 0 Å². The van der Waals surface area contributed by atoms with E-state index in [2.05, 4.69) is 5.32 Å². The Balaban J connectivity index is 2.13. The molecule has 84 valence electrons. The molecule has 0 bridgehead atoms. The SMILES string of the molecule is CNC(O)CCC1CCCCCCC1. The second-order valence-electron chi connectivity index (χ2n) is 4.59. The van der Waals surface area contributed by atoms with Crippen LogP contribution in [0.1, 0.15) is 57.8 Å². The lowest BCUT2D eigenvalue weighted by Gasteiger charge is -2.20. The number of hydrogen-bond donors (Lipinski definition) is 2. The minimum absolute atomic E-state index is 0.291. The Labute approximate surface area is 88.1 Å². The Hall–Kier alpha value is -0.0800. The predicted octanol–water partition coefficient (Wildman–Crippen LogP) is 2.66. The van der Waals surface area contributed by atoms with E-state index in [1.165, 1.54) is 51.4 Å². The van der Waals surface area contributed by atoms with E-state index in [0.717, 1.165) is 12.3 Å². The third kappa shape index (κ3) is 4.97. The quantitative estimate of drug-likeness (QED) is 0.682. The lowest BCUT2D eigenvalue weighted by molar-refractivity contribution is 0.125.